The Bertz CT molecular complexity index is 610. The zero-order valence-corrected chi connectivity index (χ0v) is 12.7. The van der Waals surface area contributed by atoms with Crippen LogP contribution in [0, 0.1) is 10.1 Å². The molecule has 4 N–H and O–H groups in total. The van der Waals surface area contributed by atoms with Crippen LogP contribution in [0.15, 0.2) is 24.3 Å². The molecule has 0 spiro atoms. The van der Waals surface area contributed by atoms with Gasteiger partial charge in [0, 0.05) is 13.0 Å². The van der Waals surface area contributed by atoms with Gasteiger partial charge in [-0.3, -0.25) is 14.9 Å². The van der Waals surface area contributed by atoms with Gasteiger partial charge in [-0.05, 0) is 6.07 Å². The Morgan fingerprint density at radius 2 is 2.04 bits per heavy atom. The van der Waals surface area contributed by atoms with E-state index in [9.17, 15) is 30.2 Å². The highest BCUT2D eigenvalue weighted by Gasteiger charge is 2.46. The lowest BCUT2D eigenvalue weighted by molar-refractivity contribution is -0.386. The van der Waals surface area contributed by atoms with E-state index in [0.717, 1.165) is 0 Å². The summed E-state index contributed by atoms with van der Waals surface area (Å²) >= 11 is 0. The maximum absolute atomic E-state index is 11.3. The summed E-state index contributed by atoms with van der Waals surface area (Å²) in [6, 6.07) is 4.33. The van der Waals surface area contributed by atoms with Gasteiger partial charge in [0.05, 0.1) is 11.5 Å². The van der Waals surface area contributed by atoms with Crippen LogP contribution >= 0.6 is 0 Å². The van der Waals surface area contributed by atoms with E-state index in [-0.39, 0.29) is 11.4 Å². The van der Waals surface area contributed by atoms with E-state index in [2.05, 4.69) is 5.32 Å². The quantitative estimate of drug-likeness (QED) is 0.389. The van der Waals surface area contributed by atoms with Crippen molar-refractivity contribution in [1.82, 2.24) is 5.32 Å². The van der Waals surface area contributed by atoms with E-state index >= 15 is 0 Å². The molecule has 0 bridgehead atoms. The maximum atomic E-state index is 11.3. The van der Waals surface area contributed by atoms with Crippen LogP contribution in [0.1, 0.15) is 6.92 Å². The van der Waals surface area contributed by atoms with Crippen molar-refractivity contribution in [3.05, 3.63) is 34.4 Å². The fourth-order valence-corrected chi connectivity index (χ4v) is 2.40. The zero-order chi connectivity index (χ0) is 17.9. The molecule has 2 rings (SSSR count). The molecule has 0 unspecified atom stereocenters. The zero-order valence-electron chi connectivity index (χ0n) is 12.7. The number of ether oxygens (including phenoxy) is 2. The molecule has 1 saturated heterocycles. The molecule has 1 aromatic rings. The maximum Gasteiger partial charge on any atom is 0.311 e. The molecule has 5 atom stereocenters. The van der Waals surface area contributed by atoms with Gasteiger partial charge < -0.3 is 30.1 Å². The van der Waals surface area contributed by atoms with Crippen LogP contribution in [0.2, 0.25) is 0 Å². The van der Waals surface area contributed by atoms with E-state index in [1.165, 1.54) is 31.2 Å². The average molecular weight is 342 g/mol. The normalized spacial score (nSPS) is 29.8. The van der Waals surface area contributed by atoms with Gasteiger partial charge in [0.2, 0.25) is 12.2 Å². The number of nitrogens with zero attached hydrogens (tertiary/aromatic N) is 1. The number of amides is 1. The topological polar surface area (TPSA) is 151 Å². The summed E-state index contributed by atoms with van der Waals surface area (Å²) < 4.78 is 10.8. The number of aliphatic hydroxyl groups is 3. The van der Waals surface area contributed by atoms with Gasteiger partial charge in [0.25, 0.3) is 0 Å². The Morgan fingerprint density at radius 1 is 1.38 bits per heavy atom. The van der Waals surface area contributed by atoms with E-state index in [4.69, 9.17) is 9.47 Å². The van der Waals surface area contributed by atoms with Gasteiger partial charge in [-0.15, -0.1) is 0 Å². The van der Waals surface area contributed by atoms with Crippen LogP contribution in [-0.4, -0.2) is 63.4 Å². The molecule has 1 aromatic carbocycles. The molecule has 10 heteroatoms. The summed E-state index contributed by atoms with van der Waals surface area (Å²) in [7, 11) is 0. The molecule has 1 aliphatic heterocycles. The van der Waals surface area contributed by atoms with Crippen LogP contribution in [0.4, 0.5) is 5.69 Å². The molecule has 24 heavy (non-hydrogen) atoms. The number of benzene rings is 1. The second kappa shape index (κ2) is 7.53. The number of carbonyl (C=O) groups is 1. The standard InChI is InChI=1S/C14H18N2O8/c1-7(18)15-11-13(20)12(19)10(6-17)24-14(11)23-9-5-3-2-4-8(9)16(21)22/h2-5,10-14,17,19-20H,6H2,1H3,(H,15,18)/t10-,11+,12+,13-,14+/m0/s1. The van der Waals surface area contributed by atoms with Gasteiger partial charge in [0.15, 0.2) is 5.75 Å². The number of nitro benzene ring substituents is 1. The average Bonchev–Trinajstić information content (AvgIpc) is 2.54. The lowest BCUT2D eigenvalue weighted by Crippen LogP contribution is -2.65. The van der Waals surface area contributed by atoms with Crippen molar-refractivity contribution in [2.75, 3.05) is 6.61 Å². The Balaban J connectivity index is 2.30. The lowest BCUT2D eigenvalue weighted by atomic mass is 9.97. The van der Waals surface area contributed by atoms with Crippen LogP contribution in [0.25, 0.3) is 0 Å². The molecule has 10 nitrogen and oxygen atoms in total. The summed E-state index contributed by atoms with van der Waals surface area (Å²) in [5, 5.41) is 42.7. The third-order valence-corrected chi connectivity index (χ3v) is 3.56. The molecule has 0 saturated carbocycles. The number of aliphatic hydroxyl groups excluding tert-OH is 3. The van der Waals surface area contributed by atoms with Gasteiger partial charge in [-0.25, -0.2) is 0 Å². The molecule has 1 aliphatic rings. The number of hydrogen-bond donors (Lipinski definition) is 4. The van der Waals surface area contributed by atoms with Crippen LogP contribution in [-0.2, 0) is 9.53 Å². The second-order valence-corrected chi connectivity index (χ2v) is 5.28. The first-order valence-corrected chi connectivity index (χ1v) is 7.14. The van der Waals surface area contributed by atoms with Crippen molar-refractivity contribution in [1.29, 1.82) is 0 Å². The van der Waals surface area contributed by atoms with Gasteiger partial charge in [0.1, 0.15) is 24.4 Å². The number of nitro groups is 1. The minimum Gasteiger partial charge on any atom is -0.455 e. The minimum absolute atomic E-state index is 0.136. The molecular weight excluding hydrogens is 324 g/mol. The summed E-state index contributed by atoms with van der Waals surface area (Å²) in [6.45, 7) is 0.584. The largest absolute Gasteiger partial charge is 0.455 e. The number of para-hydroxylation sites is 2. The molecule has 0 aromatic heterocycles. The lowest BCUT2D eigenvalue weighted by Gasteiger charge is -2.41. The van der Waals surface area contributed by atoms with Crippen molar-refractivity contribution in [2.24, 2.45) is 0 Å². The number of hydrogen-bond acceptors (Lipinski definition) is 8. The van der Waals surface area contributed by atoms with Crippen LogP contribution < -0.4 is 10.1 Å². The van der Waals surface area contributed by atoms with Crippen molar-refractivity contribution in [2.45, 2.75) is 37.6 Å². The Morgan fingerprint density at radius 3 is 2.62 bits per heavy atom. The Labute approximate surface area is 136 Å². The van der Waals surface area contributed by atoms with Crippen LogP contribution in [0.3, 0.4) is 0 Å². The summed E-state index contributed by atoms with van der Waals surface area (Å²) in [4.78, 5) is 21.7. The molecule has 0 aliphatic carbocycles. The van der Waals surface area contributed by atoms with Crippen molar-refractivity contribution >= 4 is 11.6 Å². The summed E-state index contributed by atoms with van der Waals surface area (Å²) in [5.74, 6) is -0.656. The predicted octanol–water partition coefficient (Wildman–Crippen LogP) is -1.08. The van der Waals surface area contributed by atoms with E-state index in [0.29, 0.717) is 0 Å². The second-order valence-electron chi connectivity index (χ2n) is 5.28. The van der Waals surface area contributed by atoms with Crippen molar-refractivity contribution in [3.63, 3.8) is 0 Å². The van der Waals surface area contributed by atoms with E-state index in [1.54, 1.807) is 0 Å². The Kier molecular flexibility index (Phi) is 5.67. The first-order chi connectivity index (χ1) is 11.3. The van der Waals surface area contributed by atoms with Crippen LogP contribution in [0.5, 0.6) is 5.75 Å². The first-order valence-electron chi connectivity index (χ1n) is 7.14. The first kappa shape index (κ1) is 18.1. The summed E-state index contributed by atoms with van der Waals surface area (Å²) in [5.41, 5.74) is -0.330. The molecule has 1 fully saturated rings. The van der Waals surface area contributed by atoms with Gasteiger partial charge in [-0.2, -0.15) is 0 Å². The Hall–Kier alpha value is -2.27. The third kappa shape index (κ3) is 3.79. The molecule has 1 amide bonds. The smallest absolute Gasteiger partial charge is 0.311 e. The fraction of sp³-hybridized carbons (Fsp3) is 0.500. The highest BCUT2D eigenvalue weighted by molar-refractivity contribution is 5.73. The van der Waals surface area contributed by atoms with E-state index < -0.39 is 48.1 Å². The molecule has 0 radical (unpaired) electrons. The molecule has 132 valence electrons. The monoisotopic (exact) mass is 342 g/mol. The number of carbonyl (C=O) groups excluding carboxylic acids is 1. The highest BCUT2D eigenvalue weighted by atomic mass is 16.7. The van der Waals surface area contributed by atoms with E-state index in [1.807, 2.05) is 0 Å². The number of rotatable bonds is 5. The van der Waals surface area contributed by atoms with Crippen molar-refractivity contribution in [3.8, 4) is 5.75 Å². The number of nitrogens with one attached hydrogen (secondary N) is 1. The van der Waals surface area contributed by atoms with Gasteiger partial charge in [-0.1, -0.05) is 12.1 Å². The van der Waals surface area contributed by atoms with Gasteiger partial charge >= 0.3 is 5.69 Å². The molecular formula is C14H18N2O8. The minimum atomic E-state index is -1.49. The van der Waals surface area contributed by atoms with Crippen molar-refractivity contribution < 1.29 is 34.5 Å². The summed E-state index contributed by atoms with van der Waals surface area (Å²) in [6.07, 6.45) is -5.46. The third-order valence-electron chi connectivity index (χ3n) is 3.56. The molecule has 1 heterocycles. The SMILES string of the molecule is CC(=O)N[C@H]1[C@H](Oc2ccccc2[N+](=O)[O-])O[C@@H](CO)[C@@H](O)[C@H]1O. The predicted molar refractivity (Wildman–Crippen MR) is 79.1 cm³/mol. The fourth-order valence-electron chi connectivity index (χ4n) is 2.40. The highest BCUT2D eigenvalue weighted by Crippen LogP contribution is 2.30.